The van der Waals surface area contributed by atoms with Crippen LogP contribution >= 0.6 is 34.0 Å². The summed E-state index contributed by atoms with van der Waals surface area (Å²) in [5.74, 6) is 0. The molecular formula is C60H33NS3. The Kier molecular flexibility index (Phi) is 7.20. The highest BCUT2D eigenvalue weighted by Gasteiger charge is 2.19. The van der Waals surface area contributed by atoms with Crippen molar-refractivity contribution in [3.63, 3.8) is 0 Å². The van der Waals surface area contributed by atoms with Crippen LogP contribution in [0, 0.1) is 0 Å². The van der Waals surface area contributed by atoms with E-state index in [1.165, 1.54) is 125 Å². The molecular weight excluding hydrogens is 831 g/mol. The van der Waals surface area contributed by atoms with Crippen molar-refractivity contribution in [3.05, 3.63) is 200 Å². The van der Waals surface area contributed by atoms with Crippen molar-refractivity contribution in [1.29, 1.82) is 0 Å². The average molecular weight is 864 g/mol. The van der Waals surface area contributed by atoms with Gasteiger partial charge < -0.3 is 4.90 Å². The first-order chi connectivity index (χ1) is 31.7. The number of rotatable bonds is 3. The third-order valence-corrected chi connectivity index (χ3v) is 17.4. The standard InChI is InChI=1S/C60H33NS3/c1-4-10-52-46(7-1)49-25-19-34-13-16-37-31-40(22-28-43(37)55(34)58(49)62-52)61(41-23-29-44-38(32-41)17-14-35-20-26-50-47-8-2-5-11-53(47)63-59(50)56(35)44)42-24-30-45-39(33-42)18-15-36-21-27-51-48-9-3-6-12-54(48)64-60(51)57(36)45/h1-33H. The quantitative estimate of drug-likeness (QED) is 0.160. The van der Waals surface area contributed by atoms with E-state index >= 15 is 0 Å². The van der Waals surface area contributed by atoms with Crippen LogP contribution in [0.2, 0.25) is 0 Å². The number of fused-ring (bicyclic) bond motifs is 21. The molecule has 4 heteroatoms. The third kappa shape index (κ3) is 4.93. The van der Waals surface area contributed by atoms with Gasteiger partial charge in [-0.2, -0.15) is 0 Å². The topological polar surface area (TPSA) is 3.24 Å². The van der Waals surface area contributed by atoms with Crippen molar-refractivity contribution >= 4 is 176 Å². The second-order valence-corrected chi connectivity index (χ2v) is 20.3. The molecule has 0 amide bonds. The fourth-order valence-electron chi connectivity index (χ4n) is 10.8. The van der Waals surface area contributed by atoms with Crippen LogP contribution in [0.5, 0.6) is 0 Å². The number of hydrogen-bond acceptors (Lipinski definition) is 4. The van der Waals surface area contributed by atoms with E-state index < -0.39 is 0 Å². The van der Waals surface area contributed by atoms with E-state index in [4.69, 9.17) is 0 Å². The fraction of sp³-hybridized carbons (Fsp3) is 0. The molecule has 0 atom stereocenters. The highest BCUT2D eigenvalue weighted by atomic mass is 32.1. The Morgan fingerprint density at radius 1 is 0.234 bits per heavy atom. The second-order valence-electron chi connectivity index (χ2n) is 17.2. The van der Waals surface area contributed by atoms with Gasteiger partial charge in [-0.05, 0) is 103 Å². The summed E-state index contributed by atoms with van der Waals surface area (Å²) in [6.45, 7) is 0. The summed E-state index contributed by atoms with van der Waals surface area (Å²) in [5.41, 5.74) is 3.40. The summed E-state index contributed by atoms with van der Waals surface area (Å²) in [7, 11) is 0. The number of benzene rings is 12. The predicted octanol–water partition coefficient (Wildman–Crippen LogP) is 19.2. The van der Waals surface area contributed by atoms with Crippen molar-refractivity contribution in [2.24, 2.45) is 0 Å². The zero-order valence-corrected chi connectivity index (χ0v) is 36.7. The number of hydrogen-bond donors (Lipinski definition) is 0. The van der Waals surface area contributed by atoms with Crippen LogP contribution < -0.4 is 4.90 Å². The minimum atomic E-state index is 1.13. The summed E-state index contributed by atoms with van der Waals surface area (Å²) >= 11 is 5.72. The zero-order valence-electron chi connectivity index (χ0n) is 34.2. The first-order valence-corrected chi connectivity index (χ1v) is 24.3. The van der Waals surface area contributed by atoms with E-state index in [-0.39, 0.29) is 0 Å². The summed E-state index contributed by atoms with van der Waals surface area (Å²) in [4.78, 5) is 2.47. The average Bonchev–Trinajstić information content (AvgIpc) is 4.05. The zero-order chi connectivity index (χ0) is 41.6. The summed E-state index contributed by atoms with van der Waals surface area (Å²) in [6.07, 6.45) is 0. The first-order valence-electron chi connectivity index (χ1n) is 21.8. The molecule has 0 bridgehead atoms. The molecule has 0 fully saturated rings. The molecule has 0 spiro atoms. The number of anilines is 3. The first kappa shape index (κ1) is 35.2. The molecule has 0 aliphatic heterocycles. The predicted molar refractivity (Wildman–Crippen MR) is 285 cm³/mol. The van der Waals surface area contributed by atoms with E-state index in [1.54, 1.807) is 0 Å². The van der Waals surface area contributed by atoms with Crippen LogP contribution in [0.1, 0.15) is 0 Å². The maximum Gasteiger partial charge on any atom is 0.0468 e. The summed E-state index contributed by atoms with van der Waals surface area (Å²) < 4.78 is 8.08. The molecule has 3 aromatic heterocycles. The van der Waals surface area contributed by atoms with Gasteiger partial charge in [0, 0.05) is 93.7 Å². The van der Waals surface area contributed by atoms with Gasteiger partial charge in [-0.3, -0.25) is 0 Å². The van der Waals surface area contributed by atoms with E-state index in [2.05, 4.69) is 205 Å². The Morgan fingerprint density at radius 2 is 0.516 bits per heavy atom. The lowest BCUT2D eigenvalue weighted by Gasteiger charge is -2.27. The van der Waals surface area contributed by atoms with Gasteiger partial charge in [-0.1, -0.05) is 146 Å². The normalized spacial score (nSPS) is 12.4. The van der Waals surface area contributed by atoms with E-state index in [9.17, 15) is 0 Å². The van der Waals surface area contributed by atoms with Crippen molar-refractivity contribution in [3.8, 4) is 0 Å². The highest BCUT2D eigenvalue weighted by molar-refractivity contribution is 7.27. The molecule has 1 nitrogen and oxygen atoms in total. The Balaban J connectivity index is 0.966. The van der Waals surface area contributed by atoms with Crippen LogP contribution in [0.4, 0.5) is 17.1 Å². The maximum absolute atomic E-state index is 2.47. The third-order valence-electron chi connectivity index (χ3n) is 13.8. The molecule has 64 heavy (non-hydrogen) atoms. The Bertz CT molecular complexity index is 4050. The van der Waals surface area contributed by atoms with Gasteiger partial charge >= 0.3 is 0 Å². The van der Waals surface area contributed by atoms with E-state index in [0.717, 1.165) is 17.1 Å². The molecule has 15 rings (SSSR count). The van der Waals surface area contributed by atoms with Gasteiger partial charge in [-0.25, -0.2) is 0 Å². The van der Waals surface area contributed by atoms with Gasteiger partial charge in [0.1, 0.15) is 0 Å². The van der Waals surface area contributed by atoms with Gasteiger partial charge in [0.2, 0.25) is 0 Å². The largest absolute Gasteiger partial charge is 0.310 e. The summed E-state index contributed by atoms with van der Waals surface area (Å²) in [6, 6.07) is 75.4. The van der Waals surface area contributed by atoms with Crippen LogP contribution in [0.3, 0.4) is 0 Å². The van der Waals surface area contributed by atoms with Gasteiger partial charge in [0.25, 0.3) is 0 Å². The lowest BCUT2D eigenvalue weighted by atomic mass is 9.97. The molecule has 0 N–H and O–H groups in total. The van der Waals surface area contributed by atoms with Crippen molar-refractivity contribution in [2.45, 2.75) is 0 Å². The maximum atomic E-state index is 2.47. The van der Waals surface area contributed by atoms with Gasteiger partial charge in [-0.15, -0.1) is 34.0 Å². The Labute approximate surface area is 378 Å². The molecule has 3 heterocycles. The van der Waals surface area contributed by atoms with Crippen molar-refractivity contribution < 1.29 is 0 Å². The van der Waals surface area contributed by atoms with Crippen LogP contribution in [-0.4, -0.2) is 0 Å². The minimum Gasteiger partial charge on any atom is -0.310 e. The lowest BCUT2D eigenvalue weighted by molar-refractivity contribution is 1.30. The highest BCUT2D eigenvalue weighted by Crippen LogP contribution is 2.47. The molecule has 15 aromatic rings. The number of thiophene rings is 3. The number of nitrogens with zero attached hydrogens (tertiary/aromatic N) is 1. The molecule has 0 unspecified atom stereocenters. The molecule has 0 radical (unpaired) electrons. The van der Waals surface area contributed by atoms with E-state index in [0.29, 0.717) is 0 Å². The molecule has 0 aliphatic carbocycles. The molecule has 0 saturated heterocycles. The van der Waals surface area contributed by atoms with Crippen LogP contribution in [0.25, 0.3) is 125 Å². The van der Waals surface area contributed by atoms with Gasteiger partial charge in [0.15, 0.2) is 0 Å². The van der Waals surface area contributed by atoms with Gasteiger partial charge in [0.05, 0.1) is 0 Å². The Hall–Kier alpha value is -7.34. The van der Waals surface area contributed by atoms with Crippen LogP contribution in [0.15, 0.2) is 200 Å². The molecule has 296 valence electrons. The smallest absolute Gasteiger partial charge is 0.0468 e. The lowest BCUT2D eigenvalue weighted by Crippen LogP contribution is -2.10. The van der Waals surface area contributed by atoms with Crippen molar-refractivity contribution in [2.75, 3.05) is 4.90 Å². The monoisotopic (exact) mass is 863 g/mol. The SMILES string of the molecule is c1ccc2c(c1)sc1c2ccc2ccc3cc(N(c4ccc5c(ccc6ccc7c8ccccc8sc7c65)c4)c4ccc5c(ccc6ccc7c8ccccc8sc7c65)c4)ccc3c21. The van der Waals surface area contributed by atoms with Crippen LogP contribution in [-0.2, 0) is 0 Å². The molecule has 0 aliphatic rings. The molecule has 0 saturated carbocycles. The Morgan fingerprint density at radius 3 is 0.859 bits per heavy atom. The van der Waals surface area contributed by atoms with E-state index in [1.807, 2.05) is 34.0 Å². The molecule has 12 aromatic carbocycles. The minimum absolute atomic E-state index is 1.13. The van der Waals surface area contributed by atoms with Crippen molar-refractivity contribution in [1.82, 2.24) is 0 Å². The fourth-order valence-corrected chi connectivity index (χ4v) is 14.6. The second kappa shape index (κ2) is 13.1. The summed E-state index contributed by atoms with van der Waals surface area (Å²) in [5, 5.41) is 23.4.